The van der Waals surface area contributed by atoms with Crippen molar-refractivity contribution in [2.24, 2.45) is 5.41 Å². The Morgan fingerprint density at radius 1 is 1.38 bits per heavy atom. The third-order valence-corrected chi connectivity index (χ3v) is 4.55. The Bertz CT molecular complexity index is 444. The predicted molar refractivity (Wildman–Crippen MR) is 61.4 cm³/mol. The van der Waals surface area contributed by atoms with Crippen LogP contribution in [0.3, 0.4) is 0 Å². The van der Waals surface area contributed by atoms with Gasteiger partial charge in [0.2, 0.25) is 0 Å². The molecule has 2 atom stereocenters. The summed E-state index contributed by atoms with van der Waals surface area (Å²) in [5.74, 6) is -0.801. The third-order valence-electron chi connectivity index (χ3n) is 2.80. The number of halogens is 2. The minimum atomic E-state index is -1.36. The first kappa shape index (κ1) is 5.92. The second kappa shape index (κ2) is 2.40. The molecule has 1 spiro atoms. The standard InChI is InChI=1S/C11H10Br2/c12-11(13)7-10(11)6-9(10)8-4-2-1-3-5-8/h1-5,9H,6-7H2/t9-,10?/m1/s1/i7D2,9D. The fraction of sp³-hybridized carbons (Fsp3) is 0.455. The van der Waals surface area contributed by atoms with E-state index in [0.717, 1.165) is 5.56 Å². The van der Waals surface area contributed by atoms with Crippen LogP contribution in [0.4, 0.5) is 0 Å². The molecule has 68 valence electrons. The molecular weight excluding hydrogens is 292 g/mol. The van der Waals surface area contributed by atoms with E-state index in [1.807, 2.05) is 30.3 Å². The van der Waals surface area contributed by atoms with Gasteiger partial charge in [-0.15, -0.1) is 0 Å². The maximum absolute atomic E-state index is 8.46. The van der Waals surface area contributed by atoms with Crippen LogP contribution in [0.15, 0.2) is 30.3 Å². The predicted octanol–water partition coefficient (Wildman–Crippen LogP) is 4.05. The molecule has 2 aliphatic carbocycles. The van der Waals surface area contributed by atoms with E-state index >= 15 is 0 Å². The highest BCUT2D eigenvalue weighted by Crippen LogP contribution is 2.85. The molecule has 2 saturated carbocycles. The molecule has 0 bridgehead atoms. The molecule has 0 aromatic heterocycles. The van der Waals surface area contributed by atoms with Crippen molar-refractivity contribution in [1.29, 1.82) is 0 Å². The summed E-state index contributed by atoms with van der Waals surface area (Å²) in [6, 6.07) is 9.54. The van der Waals surface area contributed by atoms with Crippen LogP contribution < -0.4 is 0 Å². The Kier molecular flexibility index (Phi) is 1.09. The first-order chi connectivity index (χ1) is 7.31. The fourth-order valence-corrected chi connectivity index (χ4v) is 3.30. The number of hydrogen-bond donors (Lipinski definition) is 0. The van der Waals surface area contributed by atoms with E-state index in [-0.39, 0.29) is 0 Å². The monoisotopic (exact) mass is 303 g/mol. The summed E-state index contributed by atoms with van der Waals surface area (Å²) in [7, 11) is 0. The molecule has 0 saturated heterocycles. The zero-order chi connectivity index (χ0) is 11.8. The van der Waals surface area contributed by atoms with E-state index in [4.69, 9.17) is 4.11 Å². The normalized spacial score (nSPS) is 52.0. The van der Waals surface area contributed by atoms with Crippen molar-refractivity contribution in [3.05, 3.63) is 35.9 Å². The summed E-state index contributed by atoms with van der Waals surface area (Å²) in [6.07, 6.45) is -0.800. The van der Waals surface area contributed by atoms with Gasteiger partial charge in [-0.2, -0.15) is 0 Å². The lowest BCUT2D eigenvalue weighted by atomic mass is 10.1. The minimum absolute atomic E-state index is 0.563. The largest absolute Gasteiger partial charge is 0.0874 e. The minimum Gasteiger partial charge on any atom is -0.0721 e. The Balaban J connectivity index is 2.04. The maximum Gasteiger partial charge on any atom is 0.0874 e. The van der Waals surface area contributed by atoms with Crippen molar-refractivity contribution < 1.29 is 4.11 Å². The van der Waals surface area contributed by atoms with Gasteiger partial charge in [0.1, 0.15) is 0 Å². The molecule has 0 amide bonds. The lowest BCUT2D eigenvalue weighted by molar-refractivity contribution is 0.838. The zero-order valence-corrected chi connectivity index (χ0v) is 10.0. The SMILES string of the molecule is [2H]C1([2H])C(Br)(Br)C12C[C@]2([2H])c1ccccc1. The van der Waals surface area contributed by atoms with Crippen molar-refractivity contribution >= 4 is 31.9 Å². The molecule has 1 aromatic rings. The van der Waals surface area contributed by atoms with E-state index < -0.39 is 20.9 Å². The van der Waals surface area contributed by atoms with E-state index in [2.05, 4.69) is 31.9 Å². The van der Waals surface area contributed by atoms with Gasteiger partial charge < -0.3 is 0 Å². The highest BCUT2D eigenvalue weighted by Gasteiger charge is 2.78. The van der Waals surface area contributed by atoms with Gasteiger partial charge in [-0.25, -0.2) is 0 Å². The van der Waals surface area contributed by atoms with Crippen LogP contribution in [0.5, 0.6) is 0 Å². The Hall–Kier alpha value is 0.180. The summed E-state index contributed by atoms with van der Waals surface area (Å²) < 4.78 is 23.7. The molecule has 0 radical (unpaired) electrons. The van der Waals surface area contributed by atoms with E-state index in [0.29, 0.717) is 6.42 Å². The zero-order valence-electron chi connectivity index (χ0n) is 9.85. The highest BCUT2D eigenvalue weighted by atomic mass is 79.9. The summed E-state index contributed by atoms with van der Waals surface area (Å²) >= 11 is 6.77. The third kappa shape index (κ3) is 1.08. The van der Waals surface area contributed by atoms with Gasteiger partial charge in [0.05, 0.1) is 3.23 Å². The summed E-state index contributed by atoms with van der Waals surface area (Å²) in [5, 5.41) is 0. The van der Waals surface area contributed by atoms with Crippen molar-refractivity contribution in [2.75, 3.05) is 0 Å². The second-order valence-electron chi connectivity index (χ2n) is 3.63. The molecular formula is C11H10Br2. The molecule has 1 aromatic carbocycles. The van der Waals surface area contributed by atoms with Crippen LogP contribution in [-0.2, 0) is 0 Å². The summed E-state index contributed by atoms with van der Waals surface area (Å²) in [4.78, 5) is 0. The Morgan fingerprint density at radius 2 is 2.00 bits per heavy atom. The lowest BCUT2D eigenvalue weighted by Gasteiger charge is -1.99. The van der Waals surface area contributed by atoms with Gasteiger partial charge in [0.25, 0.3) is 0 Å². The van der Waals surface area contributed by atoms with Gasteiger partial charge in [0.15, 0.2) is 0 Å². The van der Waals surface area contributed by atoms with Crippen LogP contribution in [0, 0.1) is 5.41 Å². The number of rotatable bonds is 1. The molecule has 2 aliphatic rings. The fourth-order valence-electron chi connectivity index (χ4n) is 1.87. The number of benzene rings is 1. The van der Waals surface area contributed by atoms with E-state index in [1.54, 1.807) is 0 Å². The molecule has 0 heterocycles. The van der Waals surface area contributed by atoms with E-state index in [1.165, 1.54) is 0 Å². The van der Waals surface area contributed by atoms with Crippen LogP contribution >= 0.6 is 31.9 Å². The van der Waals surface area contributed by atoms with Gasteiger partial charge in [-0.3, -0.25) is 0 Å². The number of hydrogen-bond acceptors (Lipinski definition) is 0. The average Bonchev–Trinajstić information content (AvgIpc) is 2.98. The summed E-state index contributed by atoms with van der Waals surface area (Å²) in [6.45, 7) is 0. The molecule has 3 rings (SSSR count). The van der Waals surface area contributed by atoms with Crippen LogP contribution in [0.2, 0.25) is 0 Å². The van der Waals surface area contributed by atoms with Gasteiger partial charge in [-0.1, -0.05) is 62.2 Å². The average molecular weight is 305 g/mol. The van der Waals surface area contributed by atoms with Crippen molar-refractivity contribution in [3.63, 3.8) is 0 Å². The molecule has 13 heavy (non-hydrogen) atoms. The second-order valence-corrected chi connectivity index (χ2v) is 7.07. The van der Waals surface area contributed by atoms with Crippen LogP contribution in [0.1, 0.15) is 28.4 Å². The molecule has 0 N–H and O–H groups in total. The van der Waals surface area contributed by atoms with Crippen molar-refractivity contribution in [3.8, 4) is 0 Å². The van der Waals surface area contributed by atoms with Gasteiger partial charge in [0, 0.05) is 9.53 Å². The molecule has 0 aliphatic heterocycles. The first-order valence-corrected chi connectivity index (χ1v) is 5.83. The smallest absolute Gasteiger partial charge is 0.0721 e. The van der Waals surface area contributed by atoms with Gasteiger partial charge >= 0.3 is 0 Å². The quantitative estimate of drug-likeness (QED) is 0.687. The van der Waals surface area contributed by atoms with Crippen molar-refractivity contribution in [2.45, 2.75) is 21.9 Å². The Labute approximate surface area is 99.2 Å². The van der Waals surface area contributed by atoms with Crippen molar-refractivity contribution in [1.82, 2.24) is 0 Å². The first-order valence-electron chi connectivity index (χ1n) is 5.75. The highest BCUT2D eigenvalue weighted by molar-refractivity contribution is 9.25. The number of alkyl halides is 2. The van der Waals surface area contributed by atoms with Gasteiger partial charge in [-0.05, 0) is 24.3 Å². The maximum atomic E-state index is 8.46. The molecule has 2 heteroatoms. The van der Waals surface area contributed by atoms with Crippen LogP contribution in [0.25, 0.3) is 0 Å². The van der Waals surface area contributed by atoms with Crippen LogP contribution in [-0.4, -0.2) is 3.23 Å². The van der Waals surface area contributed by atoms with E-state index in [9.17, 15) is 0 Å². The Morgan fingerprint density at radius 3 is 2.46 bits per heavy atom. The molecule has 2 fully saturated rings. The summed E-state index contributed by atoms with van der Waals surface area (Å²) in [5.41, 5.74) is 0.286. The lowest BCUT2D eigenvalue weighted by Crippen LogP contribution is -1.90. The topological polar surface area (TPSA) is 0 Å². The molecule has 1 unspecified atom stereocenters. The molecule has 0 nitrogen and oxygen atoms in total.